The van der Waals surface area contributed by atoms with Crippen molar-refractivity contribution in [1.82, 2.24) is 9.97 Å². The Balaban J connectivity index is 2.20. The van der Waals surface area contributed by atoms with Crippen molar-refractivity contribution >= 4 is 11.6 Å². The van der Waals surface area contributed by atoms with Crippen LogP contribution in [0.2, 0.25) is 0 Å². The smallest absolute Gasteiger partial charge is 0.137 e. The zero-order valence-corrected chi connectivity index (χ0v) is 13.7. The first-order valence-corrected chi connectivity index (χ1v) is 8.06. The van der Waals surface area contributed by atoms with Crippen LogP contribution in [0, 0.1) is 0 Å². The third kappa shape index (κ3) is 3.84. The molecular weight excluding hydrogens is 264 g/mol. The molecule has 1 N–H and O–H groups in total. The molecule has 2 rings (SSSR count). The lowest BCUT2D eigenvalue weighted by molar-refractivity contribution is 0.0439. The van der Waals surface area contributed by atoms with Gasteiger partial charge in [-0.25, -0.2) is 9.97 Å². The fraction of sp³-hybridized carbons (Fsp3) is 0.750. The third-order valence-electron chi connectivity index (χ3n) is 3.91. The molecule has 1 atom stereocenters. The van der Waals surface area contributed by atoms with Crippen LogP contribution in [-0.4, -0.2) is 42.8 Å². The van der Waals surface area contributed by atoms with E-state index in [1.54, 1.807) is 6.33 Å². The molecule has 0 radical (unpaired) electrons. The predicted octanol–water partition coefficient (Wildman–Crippen LogP) is 3.04. The Kier molecular flexibility index (Phi) is 5.79. The minimum absolute atomic E-state index is 0.326. The van der Waals surface area contributed by atoms with Crippen molar-refractivity contribution in [2.45, 2.75) is 52.1 Å². The van der Waals surface area contributed by atoms with Crippen LogP contribution in [0.5, 0.6) is 0 Å². The van der Waals surface area contributed by atoms with Crippen LogP contribution >= 0.6 is 0 Å². The second-order valence-electron chi connectivity index (χ2n) is 5.95. The average molecular weight is 292 g/mol. The van der Waals surface area contributed by atoms with Gasteiger partial charge in [-0.05, 0) is 25.2 Å². The minimum atomic E-state index is 0.326. The molecule has 0 spiro atoms. The van der Waals surface area contributed by atoms with Crippen molar-refractivity contribution in [3.05, 3.63) is 11.9 Å². The summed E-state index contributed by atoms with van der Waals surface area (Å²) < 4.78 is 5.94. The molecule has 1 unspecified atom stereocenters. The first-order chi connectivity index (χ1) is 10.2. The van der Waals surface area contributed by atoms with Gasteiger partial charge in [0.2, 0.25) is 0 Å². The summed E-state index contributed by atoms with van der Waals surface area (Å²) in [5.74, 6) is 2.39. The van der Waals surface area contributed by atoms with Gasteiger partial charge in [0.25, 0.3) is 0 Å². The average Bonchev–Trinajstić information content (AvgIpc) is 2.52. The van der Waals surface area contributed by atoms with Gasteiger partial charge in [0.05, 0.1) is 6.10 Å². The van der Waals surface area contributed by atoms with Gasteiger partial charge in [0.1, 0.15) is 18.0 Å². The summed E-state index contributed by atoms with van der Waals surface area (Å²) in [6, 6.07) is 0. The highest BCUT2D eigenvalue weighted by molar-refractivity contribution is 5.60. The van der Waals surface area contributed by atoms with Crippen molar-refractivity contribution in [2.24, 2.45) is 0 Å². The predicted molar refractivity (Wildman–Crippen MR) is 87.1 cm³/mol. The van der Waals surface area contributed by atoms with Crippen molar-refractivity contribution in [3.8, 4) is 0 Å². The SMILES string of the molecule is CCCOC1CCCN(c2ncnc(NC)c2C(C)C)C1. The van der Waals surface area contributed by atoms with Gasteiger partial charge in [-0.2, -0.15) is 0 Å². The van der Waals surface area contributed by atoms with Crippen LogP contribution in [0.3, 0.4) is 0 Å². The van der Waals surface area contributed by atoms with Crippen molar-refractivity contribution in [2.75, 3.05) is 37.0 Å². The van der Waals surface area contributed by atoms with Gasteiger partial charge < -0.3 is 15.0 Å². The van der Waals surface area contributed by atoms with Crippen molar-refractivity contribution in [1.29, 1.82) is 0 Å². The summed E-state index contributed by atoms with van der Waals surface area (Å²) in [4.78, 5) is 11.3. The summed E-state index contributed by atoms with van der Waals surface area (Å²) >= 11 is 0. The van der Waals surface area contributed by atoms with Gasteiger partial charge in [0, 0.05) is 32.3 Å². The lowest BCUT2D eigenvalue weighted by Gasteiger charge is -2.35. The molecule has 0 amide bonds. The summed E-state index contributed by atoms with van der Waals surface area (Å²) in [5.41, 5.74) is 1.20. The zero-order chi connectivity index (χ0) is 15.2. The first kappa shape index (κ1) is 16.0. The van der Waals surface area contributed by atoms with E-state index < -0.39 is 0 Å². The van der Waals surface area contributed by atoms with E-state index in [1.807, 2.05) is 7.05 Å². The van der Waals surface area contributed by atoms with Gasteiger partial charge in [0.15, 0.2) is 0 Å². The topological polar surface area (TPSA) is 50.3 Å². The monoisotopic (exact) mass is 292 g/mol. The van der Waals surface area contributed by atoms with Crippen LogP contribution in [0.25, 0.3) is 0 Å². The summed E-state index contributed by atoms with van der Waals surface area (Å²) in [6.45, 7) is 9.37. The summed E-state index contributed by atoms with van der Waals surface area (Å²) in [7, 11) is 1.92. The Hall–Kier alpha value is -1.36. The fourth-order valence-electron chi connectivity index (χ4n) is 2.92. The molecule has 5 heteroatoms. The third-order valence-corrected chi connectivity index (χ3v) is 3.91. The number of rotatable bonds is 6. The van der Waals surface area contributed by atoms with Gasteiger partial charge >= 0.3 is 0 Å². The highest BCUT2D eigenvalue weighted by Crippen LogP contribution is 2.32. The Labute approximate surface area is 128 Å². The lowest BCUT2D eigenvalue weighted by Crippen LogP contribution is -2.41. The Morgan fingerprint density at radius 3 is 2.90 bits per heavy atom. The van der Waals surface area contributed by atoms with Crippen LogP contribution < -0.4 is 10.2 Å². The molecule has 1 aliphatic heterocycles. The van der Waals surface area contributed by atoms with Crippen LogP contribution in [0.15, 0.2) is 6.33 Å². The summed E-state index contributed by atoms with van der Waals surface area (Å²) in [6.07, 6.45) is 5.36. The number of anilines is 2. The molecule has 1 aromatic rings. The highest BCUT2D eigenvalue weighted by Gasteiger charge is 2.25. The molecule has 5 nitrogen and oxygen atoms in total. The fourth-order valence-corrected chi connectivity index (χ4v) is 2.92. The maximum Gasteiger partial charge on any atom is 0.137 e. The molecule has 0 bridgehead atoms. The highest BCUT2D eigenvalue weighted by atomic mass is 16.5. The van der Waals surface area contributed by atoms with E-state index in [0.29, 0.717) is 12.0 Å². The van der Waals surface area contributed by atoms with E-state index >= 15 is 0 Å². The largest absolute Gasteiger partial charge is 0.376 e. The van der Waals surface area contributed by atoms with E-state index in [1.165, 1.54) is 5.56 Å². The zero-order valence-electron chi connectivity index (χ0n) is 13.7. The molecular formula is C16H28N4O. The molecule has 0 saturated carbocycles. The number of nitrogens with zero attached hydrogens (tertiary/aromatic N) is 3. The van der Waals surface area contributed by atoms with E-state index in [4.69, 9.17) is 4.74 Å². The van der Waals surface area contributed by atoms with Crippen molar-refractivity contribution in [3.63, 3.8) is 0 Å². The van der Waals surface area contributed by atoms with Gasteiger partial charge in [-0.15, -0.1) is 0 Å². The number of piperidine rings is 1. The van der Waals surface area contributed by atoms with Gasteiger partial charge in [-0.3, -0.25) is 0 Å². The molecule has 118 valence electrons. The van der Waals surface area contributed by atoms with Crippen LogP contribution in [0.4, 0.5) is 11.6 Å². The standard InChI is InChI=1S/C16H28N4O/c1-5-9-21-13-7-6-8-20(10-13)16-14(12(2)3)15(17-4)18-11-19-16/h11-13H,5-10H2,1-4H3,(H,17,18,19). The summed E-state index contributed by atoms with van der Waals surface area (Å²) in [5, 5.41) is 3.19. The maximum absolute atomic E-state index is 5.94. The number of hydrogen-bond donors (Lipinski definition) is 1. The number of ether oxygens (including phenoxy) is 1. The van der Waals surface area contributed by atoms with Crippen molar-refractivity contribution < 1.29 is 4.74 Å². The Morgan fingerprint density at radius 1 is 1.43 bits per heavy atom. The number of hydrogen-bond acceptors (Lipinski definition) is 5. The second-order valence-corrected chi connectivity index (χ2v) is 5.95. The number of nitrogens with one attached hydrogen (secondary N) is 1. The van der Waals surface area contributed by atoms with Gasteiger partial charge in [-0.1, -0.05) is 20.8 Å². The minimum Gasteiger partial charge on any atom is -0.376 e. The molecule has 0 aromatic carbocycles. The Morgan fingerprint density at radius 2 is 2.24 bits per heavy atom. The molecule has 1 fully saturated rings. The molecule has 2 heterocycles. The van der Waals surface area contributed by atoms with E-state index in [-0.39, 0.29) is 0 Å². The normalized spacial score (nSPS) is 19.1. The molecule has 0 aliphatic carbocycles. The van der Waals surface area contributed by atoms with Crippen LogP contribution in [-0.2, 0) is 4.74 Å². The van der Waals surface area contributed by atoms with E-state index in [0.717, 1.165) is 50.6 Å². The van der Waals surface area contributed by atoms with Crippen LogP contribution in [0.1, 0.15) is 51.5 Å². The second kappa shape index (κ2) is 7.59. The first-order valence-electron chi connectivity index (χ1n) is 8.06. The lowest BCUT2D eigenvalue weighted by atomic mass is 10.0. The van der Waals surface area contributed by atoms with E-state index in [9.17, 15) is 0 Å². The molecule has 1 aliphatic rings. The Bertz CT molecular complexity index is 450. The molecule has 1 saturated heterocycles. The number of aromatic nitrogens is 2. The van der Waals surface area contributed by atoms with E-state index in [2.05, 4.69) is 41.0 Å². The maximum atomic E-state index is 5.94. The quantitative estimate of drug-likeness (QED) is 0.873. The molecule has 1 aromatic heterocycles. The molecule has 21 heavy (non-hydrogen) atoms.